The van der Waals surface area contributed by atoms with Crippen molar-refractivity contribution in [2.45, 2.75) is 31.9 Å². The third-order valence-corrected chi connectivity index (χ3v) is 6.52. The summed E-state index contributed by atoms with van der Waals surface area (Å²) in [5.74, 6) is 1.44. The van der Waals surface area contributed by atoms with Crippen LogP contribution in [0.3, 0.4) is 0 Å². The number of ether oxygens (including phenoxy) is 1. The van der Waals surface area contributed by atoms with Gasteiger partial charge in [0.05, 0.1) is 27.4 Å². The molecule has 4 nitrogen and oxygen atoms in total. The fourth-order valence-electron chi connectivity index (χ4n) is 4.26. The smallest absolute Gasteiger partial charge is 0.211 e. The van der Waals surface area contributed by atoms with E-state index in [0.29, 0.717) is 21.0 Å². The van der Waals surface area contributed by atoms with E-state index in [1.165, 1.54) is 18.4 Å². The lowest BCUT2D eigenvalue weighted by Gasteiger charge is -2.30. The van der Waals surface area contributed by atoms with Crippen molar-refractivity contribution >= 4 is 57.5 Å². The number of imidazole rings is 1. The molecule has 0 spiro atoms. The zero-order valence-electron chi connectivity index (χ0n) is 15.5. The lowest BCUT2D eigenvalue weighted by atomic mass is 10.0. The molecule has 0 bridgehead atoms. The van der Waals surface area contributed by atoms with E-state index in [4.69, 9.17) is 44.5 Å². The second-order valence-corrected chi connectivity index (χ2v) is 8.74. The van der Waals surface area contributed by atoms with Crippen LogP contribution in [0.1, 0.15) is 30.9 Å². The minimum absolute atomic E-state index is 0.0788. The molecule has 1 aromatic heterocycles. The van der Waals surface area contributed by atoms with Crippen molar-refractivity contribution in [2.75, 3.05) is 18.6 Å². The monoisotopic (exact) mass is 435 g/mol. The molecule has 1 aliphatic heterocycles. The number of benzene rings is 2. The first-order chi connectivity index (χ1) is 13.6. The number of anilines is 2. The van der Waals surface area contributed by atoms with Crippen LogP contribution in [0.4, 0.5) is 11.6 Å². The summed E-state index contributed by atoms with van der Waals surface area (Å²) in [5.41, 5.74) is 3.99. The summed E-state index contributed by atoms with van der Waals surface area (Å²) < 4.78 is 8.14. The molecule has 2 aliphatic rings. The van der Waals surface area contributed by atoms with E-state index in [1.54, 1.807) is 13.2 Å². The Morgan fingerprint density at radius 3 is 2.61 bits per heavy atom. The summed E-state index contributed by atoms with van der Waals surface area (Å²) in [6, 6.07) is 9.61. The molecule has 5 rings (SSSR count). The first-order valence-electron chi connectivity index (χ1n) is 9.52. The number of nitrogens with zero attached hydrogens (tertiary/aromatic N) is 3. The van der Waals surface area contributed by atoms with E-state index in [2.05, 4.69) is 15.5 Å². The van der Waals surface area contributed by atoms with Crippen LogP contribution in [0.2, 0.25) is 15.1 Å². The summed E-state index contributed by atoms with van der Waals surface area (Å²) in [6.07, 6.45) is 3.48. The topological polar surface area (TPSA) is 30.3 Å². The Morgan fingerprint density at radius 1 is 1.07 bits per heavy atom. The molecule has 28 heavy (non-hydrogen) atoms. The van der Waals surface area contributed by atoms with Crippen LogP contribution in [-0.2, 0) is 11.3 Å². The van der Waals surface area contributed by atoms with Crippen molar-refractivity contribution in [3.63, 3.8) is 0 Å². The fourth-order valence-corrected chi connectivity index (χ4v) is 4.96. The van der Waals surface area contributed by atoms with Crippen LogP contribution in [-0.4, -0.2) is 23.2 Å². The molecule has 1 fully saturated rings. The van der Waals surface area contributed by atoms with Crippen molar-refractivity contribution in [3.8, 4) is 0 Å². The van der Waals surface area contributed by atoms with Gasteiger partial charge in [0.2, 0.25) is 5.95 Å². The fraction of sp³-hybridized carbons (Fsp3) is 0.381. The standard InChI is InChI=1S/C21H20Cl3N3O/c1-28-20(12-3-4-12)14-6-7-15(23)18-19(14)27-10-2-9-26(21(27)25-18)17-8-5-13(22)11-16(17)24/h5-8,11-12,20H,2-4,9-10H2,1H3. The zero-order valence-corrected chi connectivity index (χ0v) is 17.7. The lowest BCUT2D eigenvalue weighted by Crippen LogP contribution is -2.28. The summed E-state index contributed by atoms with van der Waals surface area (Å²) in [7, 11) is 1.79. The maximum atomic E-state index is 6.56. The zero-order chi connectivity index (χ0) is 19.4. The highest BCUT2D eigenvalue weighted by atomic mass is 35.5. The van der Waals surface area contributed by atoms with E-state index in [9.17, 15) is 0 Å². The molecule has 0 amide bonds. The molecule has 1 saturated carbocycles. The molecule has 146 valence electrons. The molecule has 0 saturated heterocycles. The quantitative estimate of drug-likeness (QED) is 0.459. The van der Waals surface area contributed by atoms with Crippen LogP contribution in [0.15, 0.2) is 30.3 Å². The first-order valence-corrected chi connectivity index (χ1v) is 10.7. The molecule has 0 N–H and O–H groups in total. The van der Waals surface area contributed by atoms with Crippen molar-refractivity contribution in [1.82, 2.24) is 9.55 Å². The van der Waals surface area contributed by atoms with Crippen LogP contribution >= 0.6 is 34.8 Å². The molecule has 0 radical (unpaired) electrons. The highest BCUT2D eigenvalue weighted by molar-refractivity contribution is 6.36. The Labute approximate surface area is 178 Å². The molecular weight excluding hydrogens is 417 g/mol. The highest BCUT2D eigenvalue weighted by Crippen LogP contribution is 2.47. The third kappa shape index (κ3) is 2.98. The van der Waals surface area contributed by atoms with Gasteiger partial charge in [-0.05, 0) is 49.4 Å². The maximum Gasteiger partial charge on any atom is 0.211 e. The summed E-state index contributed by atoms with van der Waals surface area (Å²) in [6.45, 7) is 1.73. The Kier molecular flexibility index (Phi) is 4.71. The molecule has 3 aromatic rings. The van der Waals surface area contributed by atoms with Gasteiger partial charge in [0.15, 0.2) is 0 Å². The van der Waals surface area contributed by atoms with Crippen molar-refractivity contribution in [2.24, 2.45) is 5.92 Å². The largest absolute Gasteiger partial charge is 0.376 e. The Morgan fingerprint density at radius 2 is 1.89 bits per heavy atom. The van der Waals surface area contributed by atoms with Gasteiger partial charge in [-0.3, -0.25) is 0 Å². The molecule has 1 aliphatic carbocycles. The minimum Gasteiger partial charge on any atom is -0.376 e. The predicted octanol–water partition coefficient (Wildman–Crippen LogP) is 6.64. The van der Waals surface area contributed by atoms with Gasteiger partial charge in [-0.2, -0.15) is 0 Å². The molecular formula is C21H20Cl3N3O. The average molecular weight is 437 g/mol. The maximum absolute atomic E-state index is 6.56. The number of hydrogen-bond acceptors (Lipinski definition) is 3. The minimum atomic E-state index is 0.0788. The number of fused-ring (bicyclic) bond motifs is 3. The second-order valence-electron chi connectivity index (χ2n) is 7.49. The lowest BCUT2D eigenvalue weighted by molar-refractivity contribution is 0.0855. The van der Waals surface area contributed by atoms with E-state index in [0.717, 1.165) is 42.2 Å². The Hall–Kier alpha value is -1.46. The second kappa shape index (κ2) is 7.10. The molecule has 2 aromatic carbocycles. The summed E-state index contributed by atoms with van der Waals surface area (Å²) in [5, 5.41) is 1.90. The van der Waals surface area contributed by atoms with Crippen LogP contribution in [0, 0.1) is 5.92 Å². The number of methoxy groups -OCH3 is 1. The van der Waals surface area contributed by atoms with Crippen LogP contribution in [0.25, 0.3) is 11.0 Å². The van der Waals surface area contributed by atoms with Gasteiger partial charge in [0.1, 0.15) is 5.52 Å². The number of aromatic nitrogens is 2. The van der Waals surface area contributed by atoms with E-state index < -0.39 is 0 Å². The molecule has 7 heteroatoms. The van der Waals surface area contributed by atoms with Gasteiger partial charge in [-0.15, -0.1) is 0 Å². The van der Waals surface area contributed by atoms with E-state index in [1.807, 2.05) is 18.2 Å². The van der Waals surface area contributed by atoms with Gasteiger partial charge in [-0.25, -0.2) is 4.98 Å². The average Bonchev–Trinajstić information content (AvgIpc) is 3.43. The van der Waals surface area contributed by atoms with E-state index in [-0.39, 0.29) is 6.10 Å². The van der Waals surface area contributed by atoms with Crippen LogP contribution in [0.5, 0.6) is 0 Å². The number of aryl methyl sites for hydroxylation is 1. The SMILES string of the molecule is COC(c1ccc(Cl)c2nc3n(c12)CCCN3c1ccc(Cl)cc1Cl)C1CC1. The summed E-state index contributed by atoms with van der Waals surface area (Å²) >= 11 is 19.2. The molecule has 1 unspecified atom stereocenters. The first kappa shape index (κ1) is 18.6. The predicted molar refractivity (Wildman–Crippen MR) is 115 cm³/mol. The normalized spacial score (nSPS) is 17.8. The van der Waals surface area contributed by atoms with Crippen molar-refractivity contribution in [3.05, 3.63) is 51.0 Å². The summed E-state index contributed by atoms with van der Waals surface area (Å²) in [4.78, 5) is 7.09. The Balaban J connectivity index is 1.71. The van der Waals surface area contributed by atoms with Crippen molar-refractivity contribution in [1.29, 1.82) is 0 Å². The number of rotatable bonds is 4. The van der Waals surface area contributed by atoms with Gasteiger partial charge >= 0.3 is 0 Å². The van der Waals surface area contributed by atoms with Gasteiger partial charge in [0, 0.05) is 30.8 Å². The van der Waals surface area contributed by atoms with Gasteiger partial charge in [0.25, 0.3) is 0 Å². The number of halogens is 3. The van der Waals surface area contributed by atoms with Crippen molar-refractivity contribution < 1.29 is 4.74 Å². The van der Waals surface area contributed by atoms with Gasteiger partial charge < -0.3 is 14.2 Å². The molecule has 2 heterocycles. The van der Waals surface area contributed by atoms with Gasteiger partial charge in [-0.1, -0.05) is 40.9 Å². The number of hydrogen-bond donors (Lipinski definition) is 0. The third-order valence-electron chi connectivity index (χ3n) is 5.67. The molecule has 1 atom stereocenters. The van der Waals surface area contributed by atoms with E-state index >= 15 is 0 Å². The Bertz CT molecular complexity index is 1060. The highest BCUT2D eigenvalue weighted by Gasteiger charge is 2.35. The van der Waals surface area contributed by atoms with Crippen LogP contribution < -0.4 is 4.90 Å².